The van der Waals surface area contributed by atoms with Gasteiger partial charge in [-0.3, -0.25) is 9.36 Å². The highest BCUT2D eigenvalue weighted by atomic mass is 16.5. The van der Waals surface area contributed by atoms with E-state index in [9.17, 15) is 4.79 Å². The SMILES string of the molecule is Cc1cc2cnc(Nc3ccc(C4CN(C)CCO4)cc3)nc2n(C2CNc3ccccc3C2)c1=O. The van der Waals surface area contributed by atoms with E-state index in [1.54, 1.807) is 6.20 Å². The van der Waals surface area contributed by atoms with E-state index in [0.29, 0.717) is 23.7 Å². The number of nitrogens with one attached hydrogen (secondary N) is 2. The summed E-state index contributed by atoms with van der Waals surface area (Å²) in [6, 6.07) is 18.3. The summed E-state index contributed by atoms with van der Waals surface area (Å²) in [6.45, 7) is 5.11. The summed E-state index contributed by atoms with van der Waals surface area (Å²) in [5.74, 6) is 0.463. The third-order valence-electron chi connectivity index (χ3n) is 7.13. The topological polar surface area (TPSA) is 84.3 Å². The molecule has 0 bridgehead atoms. The van der Waals surface area contributed by atoms with Crippen molar-refractivity contribution in [3.8, 4) is 0 Å². The van der Waals surface area contributed by atoms with E-state index >= 15 is 0 Å². The first-order valence-electron chi connectivity index (χ1n) is 12.4. The van der Waals surface area contributed by atoms with Crippen molar-refractivity contribution in [2.45, 2.75) is 25.5 Å². The number of aromatic nitrogens is 3. The van der Waals surface area contributed by atoms with Crippen molar-refractivity contribution in [3.63, 3.8) is 0 Å². The molecule has 2 aromatic carbocycles. The average molecular weight is 483 g/mol. The molecule has 8 nitrogen and oxygen atoms in total. The van der Waals surface area contributed by atoms with Gasteiger partial charge in [0.05, 0.1) is 18.8 Å². The molecule has 0 saturated carbocycles. The van der Waals surface area contributed by atoms with E-state index in [4.69, 9.17) is 9.72 Å². The minimum absolute atomic E-state index is 0.0138. The third kappa shape index (κ3) is 4.34. The lowest BCUT2D eigenvalue weighted by Crippen LogP contribution is -2.35. The zero-order valence-electron chi connectivity index (χ0n) is 20.6. The molecule has 2 aliphatic heterocycles. The second kappa shape index (κ2) is 9.37. The van der Waals surface area contributed by atoms with Gasteiger partial charge in [0.2, 0.25) is 5.95 Å². The molecule has 1 saturated heterocycles. The Kier molecular flexibility index (Phi) is 5.91. The van der Waals surface area contributed by atoms with Gasteiger partial charge in [-0.15, -0.1) is 0 Å². The smallest absolute Gasteiger partial charge is 0.255 e. The Morgan fingerprint density at radius 3 is 2.81 bits per heavy atom. The van der Waals surface area contributed by atoms with E-state index in [1.807, 2.05) is 41.8 Å². The normalized spacial score (nSPS) is 20.1. The van der Waals surface area contributed by atoms with Gasteiger partial charge in [-0.05, 0) is 55.8 Å². The minimum atomic E-state index is -0.0366. The van der Waals surface area contributed by atoms with E-state index in [2.05, 4.69) is 51.8 Å². The van der Waals surface area contributed by atoms with Crippen molar-refractivity contribution in [2.75, 3.05) is 43.9 Å². The number of fused-ring (bicyclic) bond motifs is 2. The Hall–Kier alpha value is -3.75. The van der Waals surface area contributed by atoms with Gasteiger partial charge in [-0.1, -0.05) is 30.3 Å². The summed E-state index contributed by atoms with van der Waals surface area (Å²) in [7, 11) is 2.12. The first-order chi connectivity index (χ1) is 17.5. The molecule has 0 amide bonds. The highest BCUT2D eigenvalue weighted by molar-refractivity contribution is 5.77. The lowest BCUT2D eigenvalue weighted by molar-refractivity contribution is -0.0208. The summed E-state index contributed by atoms with van der Waals surface area (Å²) in [6.07, 6.45) is 2.65. The van der Waals surface area contributed by atoms with Gasteiger partial charge in [-0.25, -0.2) is 4.98 Å². The van der Waals surface area contributed by atoms with Crippen LogP contribution in [0.15, 0.2) is 65.6 Å². The summed E-state index contributed by atoms with van der Waals surface area (Å²) in [5.41, 5.74) is 5.69. The first kappa shape index (κ1) is 22.7. The summed E-state index contributed by atoms with van der Waals surface area (Å²) < 4.78 is 7.76. The fourth-order valence-corrected chi connectivity index (χ4v) is 5.15. The number of nitrogens with zero attached hydrogens (tertiary/aromatic N) is 4. The summed E-state index contributed by atoms with van der Waals surface area (Å²) in [4.78, 5) is 24.9. The molecule has 184 valence electrons. The van der Waals surface area contributed by atoms with Gasteiger partial charge >= 0.3 is 0 Å². The van der Waals surface area contributed by atoms with Crippen LogP contribution in [0, 0.1) is 6.92 Å². The molecule has 4 heterocycles. The highest BCUT2D eigenvalue weighted by Crippen LogP contribution is 2.29. The number of hydrogen-bond donors (Lipinski definition) is 2. The quantitative estimate of drug-likeness (QED) is 0.454. The van der Waals surface area contributed by atoms with Gasteiger partial charge in [0.15, 0.2) is 0 Å². The van der Waals surface area contributed by atoms with Crippen molar-refractivity contribution in [1.82, 2.24) is 19.4 Å². The molecule has 2 atom stereocenters. The first-order valence-corrected chi connectivity index (χ1v) is 12.4. The van der Waals surface area contributed by atoms with Crippen LogP contribution in [0.1, 0.15) is 28.8 Å². The number of likely N-dealkylation sites (N-methyl/N-ethyl adjacent to an activating group) is 1. The number of hydrogen-bond acceptors (Lipinski definition) is 7. The molecular formula is C28H30N6O2. The lowest BCUT2D eigenvalue weighted by atomic mass is 9.99. The molecule has 36 heavy (non-hydrogen) atoms. The Morgan fingerprint density at radius 1 is 1.14 bits per heavy atom. The van der Waals surface area contributed by atoms with E-state index in [1.165, 1.54) is 5.56 Å². The predicted octanol–water partition coefficient (Wildman–Crippen LogP) is 4.06. The number of pyridine rings is 1. The van der Waals surface area contributed by atoms with Crippen molar-refractivity contribution in [2.24, 2.45) is 0 Å². The van der Waals surface area contributed by atoms with Crippen LogP contribution >= 0.6 is 0 Å². The van der Waals surface area contributed by atoms with Gasteiger partial charge < -0.3 is 20.3 Å². The van der Waals surface area contributed by atoms with Crippen molar-refractivity contribution < 1.29 is 4.74 Å². The monoisotopic (exact) mass is 482 g/mol. The Balaban J connectivity index is 1.30. The van der Waals surface area contributed by atoms with Crippen molar-refractivity contribution in [1.29, 1.82) is 0 Å². The minimum Gasteiger partial charge on any atom is -0.383 e. The fourth-order valence-electron chi connectivity index (χ4n) is 5.15. The van der Waals surface area contributed by atoms with Crippen LogP contribution in [0.4, 0.5) is 17.3 Å². The molecule has 0 radical (unpaired) electrons. The maximum atomic E-state index is 13.3. The summed E-state index contributed by atoms with van der Waals surface area (Å²) >= 11 is 0. The second-order valence-electron chi connectivity index (χ2n) is 9.74. The van der Waals surface area contributed by atoms with Gasteiger partial charge in [0.1, 0.15) is 5.65 Å². The molecule has 1 fully saturated rings. The molecule has 4 aromatic rings. The number of aryl methyl sites for hydroxylation is 1. The molecule has 2 aromatic heterocycles. The number of para-hydroxylation sites is 1. The second-order valence-corrected chi connectivity index (χ2v) is 9.74. The van der Waals surface area contributed by atoms with Crippen molar-refractivity contribution in [3.05, 3.63) is 87.8 Å². The Bertz CT molecular complexity index is 1470. The van der Waals surface area contributed by atoms with E-state index < -0.39 is 0 Å². The van der Waals surface area contributed by atoms with Crippen LogP contribution in [0.25, 0.3) is 11.0 Å². The summed E-state index contributed by atoms with van der Waals surface area (Å²) in [5, 5.41) is 7.64. The van der Waals surface area contributed by atoms with Crippen LogP contribution in [-0.2, 0) is 11.2 Å². The number of morpholine rings is 1. The number of ether oxygens (including phenoxy) is 1. The van der Waals surface area contributed by atoms with Crippen molar-refractivity contribution >= 4 is 28.4 Å². The lowest BCUT2D eigenvalue weighted by Gasteiger charge is -2.30. The highest BCUT2D eigenvalue weighted by Gasteiger charge is 2.24. The standard InChI is InChI=1S/C28H30N6O2/c1-18-13-21-15-30-28(31-22-9-7-19(8-10-22)25-17-33(2)11-12-36-25)32-26(21)34(27(18)35)23-14-20-5-3-4-6-24(20)29-16-23/h3-10,13,15,23,25,29H,11-12,14,16-17H2,1-2H3,(H,30,31,32). The molecule has 8 heteroatoms. The number of anilines is 3. The van der Waals surface area contributed by atoms with E-state index in [-0.39, 0.29) is 17.7 Å². The van der Waals surface area contributed by atoms with Crippen LogP contribution in [0.3, 0.4) is 0 Å². The Labute approximate surface area is 210 Å². The van der Waals surface area contributed by atoms with Crippen LogP contribution in [-0.4, -0.2) is 52.7 Å². The maximum Gasteiger partial charge on any atom is 0.255 e. The molecule has 6 rings (SSSR count). The van der Waals surface area contributed by atoms with Gasteiger partial charge in [-0.2, -0.15) is 4.98 Å². The molecule has 2 aliphatic rings. The zero-order chi connectivity index (χ0) is 24.6. The van der Waals surface area contributed by atoms with Gasteiger partial charge in [0, 0.05) is 48.2 Å². The van der Waals surface area contributed by atoms with Gasteiger partial charge in [0.25, 0.3) is 5.56 Å². The van der Waals surface area contributed by atoms with Crippen LogP contribution in [0.5, 0.6) is 0 Å². The average Bonchev–Trinajstić information content (AvgIpc) is 2.90. The number of rotatable bonds is 4. The fraction of sp³-hybridized carbons (Fsp3) is 0.321. The van der Waals surface area contributed by atoms with Crippen LogP contribution < -0.4 is 16.2 Å². The number of benzene rings is 2. The van der Waals surface area contributed by atoms with E-state index in [0.717, 1.165) is 48.4 Å². The van der Waals surface area contributed by atoms with Crippen LogP contribution in [0.2, 0.25) is 0 Å². The largest absolute Gasteiger partial charge is 0.383 e. The maximum absolute atomic E-state index is 13.3. The Morgan fingerprint density at radius 2 is 1.97 bits per heavy atom. The third-order valence-corrected chi connectivity index (χ3v) is 7.13. The molecular weight excluding hydrogens is 452 g/mol. The molecule has 2 unspecified atom stereocenters. The predicted molar refractivity (Wildman–Crippen MR) is 142 cm³/mol. The molecule has 0 spiro atoms. The molecule has 0 aliphatic carbocycles. The zero-order valence-corrected chi connectivity index (χ0v) is 20.6. The molecule has 2 N–H and O–H groups in total.